The van der Waals surface area contributed by atoms with Crippen molar-refractivity contribution in [1.82, 2.24) is 9.97 Å². The molecule has 1 fully saturated rings. The van der Waals surface area contributed by atoms with Gasteiger partial charge in [0.25, 0.3) is 0 Å². The van der Waals surface area contributed by atoms with Crippen LogP contribution in [0.2, 0.25) is 5.02 Å². The van der Waals surface area contributed by atoms with Gasteiger partial charge in [-0.2, -0.15) is 0 Å². The number of aromatic nitrogens is 2. The standard InChI is InChI=1S/C18H21ClN4O2/c1-25-15-6-5-13(16(19)10-15)9-17(24)22-14-11-20-18(21-12-14)23-7-3-2-4-8-23/h5-6,10-12H,2-4,7-9H2,1H3,(H,22,24). The molecule has 0 spiro atoms. The number of halogens is 1. The molecular formula is C18H21ClN4O2. The van der Waals surface area contributed by atoms with Gasteiger partial charge < -0.3 is 15.0 Å². The third-order valence-electron chi connectivity index (χ3n) is 4.17. The Labute approximate surface area is 152 Å². The van der Waals surface area contributed by atoms with Crippen molar-refractivity contribution in [3.63, 3.8) is 0 Å². The molecule has 1 aliphatic rings. The van der Waals surface area contributed by atoms with Crippen LogP contribution in [0.1, 0.15) is 24.8 Å². The topological polar surface area (TPSA) is 67.3 Å². The molecule has 2 aromatic rings. The zero-order valence-electron chi connectivity index (χ0n) is 14.2. The third-order valence-corrected chi connectivity index (χ3v) is 4.52. The predicted octanol–water partition coefficient (Wildman–Crippen LogP) is 3.31. The number of hydrogen-bond donors (Lipinski definition) is 1. The van der Waals surface area contributed by atoms with E-state index in [2.05, 4.69) is 20.2 Å². The summed E-state index contributed by atoms with van der Waals surface area (Å²) < 4.78 is 5.11. The van der Waals surface area contributed by atoms with Gasteiger partial charge in [-0.3, -0.25) is 4.79 Å². The minimum atomic E-state index is -0.165. The number of nitrogens with one attached hydrogen (secondary N) is 1. The van der Waals surface area contributed by atoms with Crippen LogP contribution in [0.15, 0.2) is 30.6 Å². The summed E-state index contributed by atoms with van der Waals surface area (Å²) in [5, 5.41) is 3.31. The second-order valence-corrected chi connectivity index (χ2v) is 6.41. The average Bonchev–Trinajstić information content (AvgIpc) is 2.64. The van der Waals surface area contributed by atoms with E-state index in [1.807, 2.05) is 0 Å². The predicted molar refractivity (Wildman–Crippen MR) is 98.4 cm³/mol. The van der Waals surface area contributed by atoms with Crippen LogP contribution in [0.4, 0.5) is 11.6 Å². The summed E-state index contributed by atoms with van der Waals surface area (Å²) in [5.74, 6) is 1.22. The molecular weight excluding hydrogens is 340 g/mol. The first-order valence-corrected chi connectivity index (χ1v) is 8.73. The fraction of sp³-hybridized carbons (Fsp3) is 0.389. The Morgan fingerprint density at radius 1 is 1.24 bits per heavy atom. The van der Waals surface area contributed by atoms with E-state index in [-0.39, 0.29) is 12.3 Å². The minimum absolute atomic E-state index is 0.165. The first-order chi connectivity index (χ1) is 12.2. The highest BCUT2D eigenvalue weighted by Gasteiger charge is 2.14. The van der Waals surface area contributed by atoms with Crippen molar-refractivity contribution in [3.8, 4) is 5.75 Å². The average molecular weight is 361 g/mol. The summed E-state index contributed by atoms with van der Waals surface area (Å²) in [4.78, 5) is 23.1. The number of piperidine rings is 1. The maximum atomic E-state index is 12.2. The van der Waals surface area contributed by atoms with Crippen LogP contribution in [0.5, 0.6) is 5.75 Å². The lowest BCUT2D eigenvalue weighted by atomic mass is 10.1. The lowest BCUT2D eigenvalue weighted by Gasteiger charge is -2.26. The van der Waals surface area contributed by atoms with E-state index >= 15 is 0 Å². The minimum Gasteiger partial charge on any atom is -0.497 e. The monoisotopic (exact) mass is 360 g/mol. The third kappa shape index (κ3) is 4.60. The van der Waals surface area contributed by atoms with Crippen LogP contribution in [0.3, 0.4) is 0 Å². The molecule has 2 heterocycles. The van der Waals surface area contributed by atoms with Crippen molar-refractivity contribution >= 4 is 29.1 Å². The molecule has 6 nitrogen and oxygen atoms in total. The van der Waals surface area contributed by atoms with E-state index in [1.165, 1.54) is 19.3 Å². The Hall–Kier alpha value is -2.34. The lowest BCUT2D eigenvalue weighted by Crippen LogP contribution is -2.30. The molecule has 25 heavy (non-hydrogen) atoms. The first kappa shape index (κ1) is 17.5. The molecule has 1 aliphatic heterocycles. The van der Waals surface area contributed by atoms with Gasteiger partial charge in [0.2, 0.25) is 11.9 Å². The van der Waals surface area contributed by atoms with E-state index in [1.54, 1.807) is 37.7 Å². The number of nitrogens with zero attached hydrogens (tertiary/aromatic N) is 3. The largest absolute Gasteiger partial charge is 0.497 e. The molecule has 1 aromatic heterocycles. The van der Waals surface area contributed by atoms with Crippen molar-refractivity contribution < 1.29 is 9.53 Å². The van der Waals surface area contributed by atoms with Gasteiger partial charge in [-0.15, -0.1) is 0 Å². The SMILES string of the molecule is COc1ccc(CC(=O)Nc2cnc(N3CCCCC3)nc2)c(Cl)c1. The van der Waals surface area contributed by atoms with Gasteiger partial charge in [0.05, 0.1) is 31.6 Å². The highest BCUT2D eigenvalue weighted by atomic mass is 35.5. The Morgan fingerprint density at radius 2 is 1.96 bits per heavy atom. The zero-order chi connectivity index (χ0) is 17.6. The number of anilines is 2. The maximum Gasteiger partial charge on any atom is 0.228 e. The van der Waals surface area contributed by atoms with Crippen LogP contribution in [-0.4, -0.2) is 36.1 Å². The Morgan fingerprint density at radius 3 is 2.60 bits per heavy atom. The van der Waals surface area contributed by atoms with Gasteiger partial charge in [0.1, 0.15) is 5.75 Å². The maximum absolute atomic E-state index is 12.2. The van der Waals surface area contributed by atoms with Crippen LogP contribution in [0, 0.1) is 0 Å². The molecule has 1 aromatic carbocycles. The molecule has 0 radical (unpaired) electrons. The van der Waals surface area contributed by atoms with Crippen LogP contribution < -0.4 is 15.0 Å². The van der Waals surface area contributed by atoms with Crippen molar-refractivity contribution in [1.29, 1.82) is 0 Å². The number of rotatable bonds is 5. The Bertz CT molecular complexity index is 730. The smallest absolute Gasteiger partial charge is 0.228 e. The van der Waals surface area contributed by atoms with Gasteiger partial charge in [0.15, 0.2) is 0 Å². The van der Waals surface area contributed by atoms with Crippen LogP contribution in [0.25, 0.3) is 0 Å². The Balaban J connectivity index is 1.59. The summed E-state index contributed by atoms with van der Waals surface area (Å²) in [6.07, 6.45) is 7.07. The van der Waals surface area contributed by atoms with E-state index < -0.39 is 0 Å². The molecule has 0 unspecified atom stereocenters. The Kier molecular flexibility index (Phi) is 5.71. The molecule has 0 atom stereocenters. The van der Waals surface area contributed by atoms with Gasteiger partial charge in [-0.05, 0) is 37.0 Å². The second-order valence-electron chi connectivity index (χ2n) is 6.00. The van der Waals surface area contributed by atoms with Crippen molar-refractivity contribution in [2.75, 3.05) is 30.4 Å². The number of benzene rings is 1. The van der Waals surface area contributed by atoms with Gasteiger partial charge in [-0.25, -0.2) is 9.97 Å². The molecule has 132 valence electrons. The number of methoxy groups -OCH3 is 1. The lowest BCUT2D eigenvalue weighted by molar-refractivity contribution is -0.115. The van der Waals surface area contributed by atoms with Crippen LogP contribution >= 0.6 is 11.6 Å². The van der Waals surface area contributed by atoms with Gasteiger partial charge >= 0.3 is 0 Å². The van der Waals surface area contributed by atoms with Crippen molar-refractivity contribution in [3.05, 3.63) is 41.2 Å². The number of carbonyl (C=O) groups excluding carboxylic acids is 1. The van der Waals surface area contributed by atoms with Gasteiger partial charge in [0, 0.05) is 18.1 Å². The molecule has 0 aliphatic carbocycles. The second kappa shape index (κ2) is 8.16. The van der Waals surface area contributed by atoms with Crippen molar-refractivity contribution in [2.24, 2.45) is 0 Å². The number of amides is 1. The highest BCUT2D eigenvalue weighted by Crippen LogP contribution is 2.23. The van der Waals surface area contributed by atoms with E-state index in [0.29, 0.717) is 16.5 Å². The van der Waals surface area contributed by atoms with Gasteiger partial charge in [-0.1, -0.05) is 17.7 Å². The fourth-order valence-corrected chi connectivity index (χ4v) is 3.06. The summed E-state index contributed by atoms with van der Waals surface area (Å²) >= 11 is 6.17. The van der Waals surface area contributed by atoms with Crippen LogP contribution in [-0.2, 0) is 11.2 Å². The van der Waals surface area contributed by atoms with Crippen molar-refractivity contribution in [2.45, 2.75) is 25.7 Å². The number of hydrogen-bond acceptors (Lipinski definition) is 5. The highest BCUT2D eigenvalue weighted by molar-refractivity contribution is 6.31. The molecule has 1 saturated heterocycles. The molecule has 7 heteroatoms. The van der Waals surface area contributed by atoms with E-state index in [4.69, 9.17) is 16.3 Å². The molecule has 1 amide bonds. The van der Waals surface area contributed by atoms with E-state index in [0.717, 1.165) is 24.6 Å². The summed E-state index contributed by atoms with van der Waals surface area (Å²) in [6.45, 7) is 1.98. The summed E-state index contributed by atoms with van der Waals surface area (Å²) in [5.41, 5.74) is 1.32. The zero-order valence-corrected chi connectivity index (χ0v) is 14.9. The summed E-state index contributed by atoms with van der Waals surface area (Å²) in [7, 11) is 1.57. The molecule has 0 bridgehead atoms. The fourth-order valence-electron chi connectivity index (χ4n) is 2.82. The molecule has 1 N–H and O–H groups in total. The molecule has 3 rings (SSSR count). The summed E-state index contributed by atoms with van der Waals surface area (Å²) in [6, 6.07) is 5.27. The molecule has 0 saturated carbocycles. The number of carbonyl (C=O) groups is 1. The first-order valence-electron chi connectivity index (χ1n) is 8.35. The number of ether oxygens (including phenoxy) is 1. The van der Waals surface area contributed by atoms with E-state index in [9.17, 15) is 4.79 Å². The normalized spacial score (nSPS) is 14.2. The quantitative estimate of drug-likeness (QED) is 0.886.